The summed E-state index contributed by atoms with van der Waals surface area (Å²) in [5.41, 5.74) is 0.131. The lowest BCUT2D eigenvalue weighted by molar-refractivity contribution is -0.137. The molecule has 0 heterocycles. The van der Waals surface area contributed by atoms with Gasteiger partial charge in [-0.05, 0) is 31.6 Å². The standard InChI is InChI=1S/C14H27NO2/c1-9(2)15(8-10(3)16)12(17)11-13(4,5)14(11,6)7/h9-11,16H,8H2,1-7H3. The van der Waals surface area contributed by atoms with Crippen molar-refractivity contribution in [3.05, 3.63) is 0 Å². The minimum Gasteiger partial charge on any atom is -0.392 e. The van der Waals surface area contributed by atoms with E-state index in [1.165, 1.54) is 0 Å². The molecular weight excluding hydrogens is 214 g/mol. The Labute approximate surface area is 105 Å². The molecule has 3 heteroatoms. The molecule has 0 bridgehead atoms. The van der Waals surface area contributed by atoms with E-state index in [9.17, 15) is 9.90 Å². The van der Waals surface area contributed by atoms with Gasteiger partial charge < -0.3 is 10.0 Å². The number of hydrogen-bond donors (Lipinski definition) is 1. The van der Waals surface area contributed by atoms with Crippen LogP contribution >= 0.6 is 0 Å². The second kappa shape index (κ2) is 4.27. The van der Waals surface area contributed by atoms with Gasteiger partial charge in [0.15, 0.2) is 0 Å². The summed E-state index contributed by atoms with van der Waals surface area (Å²) < 4.78 is 0. The summed E-state index contributed by atoms with van der Waals surface area (Å²) in [6.45, 7) is 14.8. The highest BCUT2D eigenvalue weighted by Gasteiger charge is 2.68. The molecule has 1 fully saturated rings. The van der Waals surface area contributed by atoms with Gasteiger partial charge in [-0.15, -0.1) is 0 Å². The summed E-state index contributed by atoms with van der Waals surface area (Å²) in [5, 5.41) is 9.49. The van der Waals surface area contributed by atoms with Crippen molar-refractivity contribution in [3.8, 4) is 0 Å². The van der Waals surface area contributed by atoms with Crippen LogP contribution < -0.4 is 0 Å². The van der Waals surface area contributed by atoms with Crippen LogP contribution in [0.4, 0.5) is 0 Å². The summed E-state index contributed by atoms with van der Waals surface area (Å²) in [6.07, 6.45) is -0.466. The Bertz CT molecular complexity index is 291. The summed E-state index contributed by atoms with van der Waals surface area (Å²) in [4.78, 5) is 14.3. The van der Waals surface area contributed by atoms with Crippen LogP contribution in [-0.4, -0.2) is 34.6 Å². The molecule has 0 aliphatic heterocycles. The van der Waals surface area contributed by atoms with Crippen LogP contribution in [0.2, 0.25) is 0 Å². The van der Waals surface area contributed by atoms with Crippen molar-refractivity contribution in [2.75, 3.05) is 6.54 Å². The zero-order chi connectivity index (χ0) is 13.6. The number of carbonyl (C=O) groups excluding carboxylic acids is 1. The van der Waals surface area contributed by atoms with E-state index >= 15 is 0 Å². The predicted octanol–water partition coefficient (Wildman–Crippen LogP) is 2.29. The molecule has 1 rings (SSSR count). The van der Waals surface area contributed by atoms with Gasteiger partial charge in [0.25, 0.3) is 0 Å². The fraction of sp³-hybridized carbons (Fsp3) is 0.929. The molecule has 0 radical (unpaired) electrons. The molecule has 100 valence electrons. The lowest BCUT2D eigenvalue weighted by Crippen LogP contribution is -2.43. The minimum absolute atomic E-state index is 0.0654. The molecular formula is C14H27NO2. The van der Waals surface area contributed by atoms with Crippen LogP contribution in [0, 0.1) is 16.7 Å². The highest BCUT2D eigenvalue weighted by atomic mass is 16.3. The second-order valence-electron chi connectivity index (χ2n) is 6.81. The third-order valence-electron chi connectivity index (χ3n) is 4.64. The molecule has 0 saturated heterocycles. The third kappa shape index (κ3) is 2.35. The van der Waals surface area contributed by atoms with Crippen LogP contribution in [0.5, 0.6) is 0 Å². The topological polar surface area (TPSA) is 40.5 Å². The molecule has 0 spiro atoms. The average molecular weight is 241 g/mol. The zero-order valence-corrected chi connectivity index (χ0v) is 12.2. The van der Waals surface area contributed by atoms with Crippen molar-refractivity contribution in [1.82, 2.24) is 4.90 Å². The van der Waals surface area contributed by atoms with Gasteiger partial charge in [0.05, 0.1) is 6.10 Å². The molecule has 1 aliphatic rings. The first-order chi connectivity index (χ1) is 7.53. The van der Waals surface area contributed by atoms with Crippen LogP contribution in [0.1, 0.15) is 48.5 Å². The van der Waals surface area contributed by atoms with Crippen molar-refractivity contribution in [1.29, 1.82) is 0 Å². The number of hydrogen-bond acceptors (Lipinski definition) is 2. The normalized spacial score (nSPS) is 23.6. The molecule has 3 nitrogen and oxygen atoms in total. The van der Waals surface area contributed by atoms with Gasteiger partial charge in [-0.3, -0.25) is 4.79 Å². The maximum Gasteiger partial charge on any atom is 0.227 e. The maximum atomic E-state index is 12.5. The Morgan fingerprint density at radius 2 is 1.59 bits per heavy atom. The predicted molar refractivity (Wildman–Crippen MR) is 69.6 cm³/mol. The SMILES string of the molecule is CC(O)CN(C(=O)C1C(C)(C)C1(C)C)C(C)C. The first kappa shape index (κ1) is 14.5. The van der Waals surface area contributed by atoms with Gasteiger partial charge in [0, 0.05) is 18.5 Å². The number of nitrogens with zero attached hydrogens (tertiary/aromatic N) is 1. The summed E-state index contributed by atoms with van der Waals surface area (Å²) in [7, 11) is 0. The van der Waals surface area contributed by atoms with E-state index in [1.54, 1.807) is 6.92 Å². The molecule has 1 atom stereocenters. The number of amides is 1. The van der Waals surface area contributed by atoms with Crippen molar-refractivity contribution >= 4 is 5.91 Å². The van der Waals surface area contributed by atoms with Crippen LogP contribution in [0.25, 0.3) is 0 Å². The fourth-order valence-electron chi connectivity index (χ4n) is 2.82. The van der Waals surface area contributed by atoms with E-state index in [-0.39, 0.29) is 28.7 Å². The summed E-state index contributed by atoms with van der Waals surface area (Å²) in [6, 6.07) is 0.143. The van der Waals surface area contributed by atoms with E-state index in [0.29, 0.717) is 6.54 Å². The van der Waals surface area contributed by atoms with Gasteiger partial charge in [0.2, 0.25) is 5.91 Å². The van der Waals surface area contributed by atoms with Gasteiger partial charge in [-0.1, -0.05) is 27.7 Å². The van der Waals surface area contributed by atoms with Crippen LogP contribution in [-0.2, 0) is 4.79 Å². The third-order valence-corrected chi connectivity index (χ3v) is 4.64. The van der Waals surface area contributed by atoms with E-state index < -0.39 is 6.10 Å². The summed E-state index contributed by atoms with van der Waals surface area (Å²) in [5.74, 6) is 0.270. The molecule has 1 unspecified atom stereocenters. The van der Waals surface area contributed by atoms with Crippen LogP contribution in [0.15, 0.2) is 0 Å². The first-order valence-corrected chi connectivity index (χ1v) is 6.52. The van der Waals surface area contributed by atoms with Crippen molar-refractivity contribution in [2.24, 2.45) is 16.7 Å². The Morgan fingerprint density at radius 3 is 1.82 bits per heavy atom. The molecule has 1 aliphatic carbocycles. The van der Waals surface area contributed by atoms with E-state index in [4.69, 9.17) is 0 Å². The van der Waals surface area contributed by atoms with Crippen LogP contribution in [0.3, 0.4) is 0 Å². The Morgan fingerprint density at radius 1 is 1.18 bits per heavy atom. The van der Waals surface area contributed by atoms with E-state index in [0.717, 1.165) is 0 Å². The molecule has 1 N–H and O–H groups in total. The smallest absolute Gasteiger partial charge is 0.227 e. The average Bonchev–Trinajstić information content (AvgIpc) is 2.52. The van der Waals surface area contributed by atoms with Crippen molar-refractivity contribution in [2.45, 2.75) is 60.6 Å². The molecule has 1 saturated carbocycles. The van der Waals surface area contributed by atoms with Gasteiger partial charge in [0.1, 0.15) is 0 Å². The van der Waals surface area contributed by atoms with Gasteiger partial charge in [-0.2, -0.15) is 0 Å². The largest absolute Gasteiger partial charge is 0.392 e. The quantitative estimate of drug-likeness (QED) is 0.820. The van der Waals surface area contributed by atoms with Gasteiger partial charge in [-0.25, -0.2) is 0 Å². The second-order valence-corrected chi connectivity index (χ2v) is 6.81. The van der Waals surface area contributed by atoms with Gasteiger partial charge >= 0.3 is 0 Å². The zero-order valence-electron chi connectivity index (χ0n) is 12.2. The van der Waals surface area contributed by atoms with E-state index in [2.05, 4.69) is 27.7 Å². The lowest BCUT2D eigenvalue weighted by Gasteiger charge is -2.29. The van der Waals surface area contributed by atoms with Crippen molar-refractivity contribution < 1.29 is 9.90 Å². The highest BCUT2D eigenvalue weighted by Crippen LogP contribution is 2.68. The molecule has 0 aromatic rings. The Balaban J connectivity index is 2.82. The lowest BCUT2D eigenvalue weighted by atomic mass is 10.0. The monoisotopic (exact) mass is 241 g/mol. The number of carbonyl (C=O) groups is 1. The first-order valence-electron chi connectivity index (χ1n) is 6.52. The highest BCUT2D eigenvalue weighted by molar-refractivity contribution is 5.84. The number of rotatable bonds is 4. The maximum absolute atomic E-state index is 12.5. The minimum atomic E-state index is -0.466. The fourth-order valence-corrected chi connectivity index (χ4v) is 2.82. The Hall–Kier alpha value is -0.570. The summed E-state index contributed by atoms with van der Waals surface area (Å²) >= 11 is 0. The number of aliphatic hydroxyl groups is 1. The molecule has 0 aromatic heterocycles. The number of aliphatic hydroxyl groups excluding tert-OH is 1. The van der Waals surface area contributed by atoms with Crippen molar-refractivity contribution in [3.63, 3.8) is 0 Å². The molecule has 17 heavy (non-hydrogen) atoms. The molecule has 0 aromatic carbocycles. The van der Waals surface area contributed by atoms with E-state index in [1.807, 2.05) is 18.7 Å². The Kier molecular flexibility index (Phi) is 3.64. The molecule has 1 amide bonds.